The van der Waals surface area contributed by atoms with Gasteiger partial charge in [-0.3, -0.25) is 33.7 Å². The van der Waals surface area contributed by atoms with Crippen molar-refractivity contribution in [2.24, 2.45) is 11.8 Å². The smallest absolute Gasteiger partial charge is 0.272 e. The number of rotatable bonds is 15. The Morgan fingerprint density at radius 2 is 1.41 bits per heavy atom. The fourth-order valence-corrected chi connectivity index (χ4v) is 12.1. The number of piperidine rings is 2. The lowest BCUT2D eigenvalue weighted by Crippen LogP contribution is -2.55. The molecule has 5 heterocycles. The van der Waals surface area contributed by atoms with Crippen LogP contribution < -0.4 is 16.2 Å². The molecule has 5 amide bonds. The van der Waals surface area contributed by atoms with Crippen molar-refractivity contribution in [3.05, 3.63) is 111 Å². The number of carbonyl (C=O) groups excluding carboxylic acids is 5. The zero-order valence-electron chi connectivity index (χ0n) is 42.8. The van der Waals surface area contributed by atoms with Crippen molar-refractivity contribution in [2.45, 2.75) is 95.1 Å². The van der Waals surface area contributed by atoms with Crippen molar-refractivity contribution in [1.29, 1.82) is 0 Å². The fraction of sp³-hybridized carbons (Fsp3) is 0.561. The molecule has 74 heavy (non-hydrogen) atoms. The molecule has 4 aliphatic heterocycles. The van der Waals surface area contributed by atoms with Crippen LogP contribution in [-0.4, -0.2) is 179 Å². The summed E-state index contributed by atoms with van der Waals surface area (Å²) in [6, 6.07) is 19.4. The summed E-state index contributed by atoms with van der Waals surface area (Å²) >= 11 is 0. The lowest BCUT2D eigenvalue weighted by Gasteiger charge is -2.41. The lowest BCUT2D eigenvalue weighted by atomic mass is 9.82. The van der Waals surface area contributed by atoms with Gasteiger partial charge in [0.05, 0.1) is 29.7 Å². The van der Waals surface area contributed by atoms with Crippen LogP contribution in [0.4, 0.5) is 4.39 Å². The highest BCUT2D eigenvalue weighted by atomic mass is 19.1. The topological polar surface area (TPSA) is 175 Å². The monoisotopic (exact) mass is 1010 g/mol. The van der Waals surface area contributed by atoms with Crippen LogP contribution in [0.3, 0.4) is 0 Å². The molecule has 2 atom stereocenters. The van der Waals surface area contributed by atoms with Crippen molar-refractivity contribution < 1.29 is 28.4 Å². The second-order valence-corrected chi connectivity index (χ2v) is 21.9. The van der Waals surface area contributed by atoms with Crippen molar-refractivity contribution in [3.8, 4) is 0 Å². The molecule has 17 heteroatoms. The van der Waals surface area contributed by atoms with Gasteiger partial charge in [0.15, 0.2) is 0 Å². The maximum Gasteiger partial charge on any atom is 0.272 e. The zero-order valence-corrected chi connectivity index (χ0v) is 42.8. The predicted molar refractivity (Wildman–Crippen MR) is 280 cm³/mol. The second-order valence-electron chi connectivity index (χ2n) is 21.9. The number of piperazine rings is 2. The number of hydrogen-bond donors (Lipinski definition) is 3. The Balaban J connectivity index is 0.654. The van der Waals surface area contributed by atoms with Crippen LogP contribution in [-0.2, 0) is 20.8 Å². The first kappa shape index (κ1) is 51.4. The molecule has 0 radical (unpaired) electrons. The minimum atomic E-state index is -0.606. The normalized spacial score (nSPS) is 21.2. The summed E-state index contributed by atoms with van der Waals surface area (Å²) in [7, 11) is 0. The molecule has 3 N–H and O–H groups in total. The number of carbonyl (C=O) groups is 5. The highest BCUT2D eigenvalue weighted by molar-refractivity contribution is 5.98. The number of benzene rings is 3. The zero-order chi connectivity index (χ0) is 51.1. The van der Waals surface area contributed by atoms with E-state index < -0.39 is 17.8 Å². The number of hydrogen-bond acceptors (Lipinski definition) is 10. The summed E-state index contributed by atoms with van der Waals surface area (Å²) < 4.78 is 15.1. The van der Waals surface area contributed by atoms with Crippen molar-refractivity contribution in [1.82, 2.24) is 50.2 Å². The van der Waals surface area contributed by atoms with Crippen LogP contribution in [0, 0.1) is 17.7 Å². The number of fused-ring (bicyclic) bond motifs is 1. The number of aromatic amines is 1. The van der Waals surface area contributed by atoms with E-state index in [1.807, 2.05) is 40.1 Å². The molecule has 16 nitrogen and oxygen atoms in total. The number of aromatic nitrogens is 2. The Hall–Kier alpha value is -6.04. The van der Waals surface area contributed by atoms with Gasteiger partial charge in [-0.15, -0.1) is 0 Å². The van der Waals surface area contributed by atoms with Gasteiger partial charge in [-0.25, -0.2) is 9.49 Å². The Morgan fingerprint density at radius 1 is 0.676 bits per heavy atom. The maximum atomic E-state index is 15.1. The fourth-order valence-electron chi connectivity index (χ4n) is 12.1. The van der Waals surface area contributed by atoms with E-state index in [9.17, 15) is 28.8 Å². The van der Waals surface area contributed by atoms with Gasteiger partial charge >= 0.3 is 0 Å². The van der Waals surface area contributed by atoms with E-state index in [-0.39, 0.29) is 46.6 Å². The minimum Gasteiger partial charge on any atom is -0.341 e. The van der Waals surface area contributed by atoms with Crippen LogP contribution in [0.15, 0.2) is 71.5 Å². The SMILES string of the molecule is O=C(N[C@@H](C(=O)N1CCC(CN2CCN(CC(=O)N3CCN(C(=O)c4cc(Cc5n[nH]c(=O)c6ccccc56)ccc4F)CC3)CC2)CC1)C1CCCCC1)c1cccc(C2CCCN(C(=O)CNC3CC3)C2)c1. The number of nitrogens with zero attached hydrogens (tertiary/aromatic N) is 7. The Bertz CT molecular complexity index is 2720. The van der Waals surface area contributed by atoms with Crippen LogP contribution in [0.2, 0.25) is 0 Å². The van der Waals surface area contributed by atoms with E-state index in [1.165, 1.54) is 6.07 Å². The molecule has 0 bridgehead atoms. The molecule has 1 unspecified atom stereocenters. The molecule has 1 aromatic heterocycles. The van der Waals surface area contributed by atoms with Gasteiger partial charge in [0.25, 0.3) is 17.4 Å². The van der Waals surface area contributed by atoms with E-state index >= 15 is 4.39 Å². The summed E-state index contributed by atoms with van der Waals surface area (Å²) in [4.78, 5) is 92.9. The van der Waals surface area contributed by atoms with Gasteiger partial charge in [0.2, 0.25) is 17.7 Å². The molecule has 394 valence electrons. The number of halogens is 1. The maximum absolute atomic E-state index is 15.1. The summed E-state index contributed by atoms with van der Waals surface area (Å²) in [5, 5.41) is 14.6. The molecule has 2 aliphatic carbocycles. The van der Waals surface area contributed by atoms with Crippen molar-refractivity contribution in [2.75, 3.05) is 98.2 Å². The molecular weight excluding hydrogens is 940 g/mol. The summed E-state index contributed by atoms with van der Waals surface area (Å²) in [5.41, 5.74) is 2.65. The van der Waals surface area contributed by atoms with Gasteiger partial charge in [-0.2, -0.15) is 5.10 Å². The average Bonchev–Trinajstić information content (AvgIpc) is 4.28. The largest absolute Gasteiger partial charge is 0.341 e. The van der Waals surface area contributed by atoms with E-state index in [4.69, 9.17) is 0 Å². The van der Waals surface area contributed by atoms with E-state index in [0.29, 0.717) is 105 Å². The first-order valence-electron chi connectivity index (χ1n) is 27.5. The van der Waals surface area contributed by atoms with E-state index in [1.54, 1.807) is 34.1 Å². The van der Waals surface area contributed by atoms with Crippen LogP contribution in [0.1, 0.15) is 114 Å². The average molecular weight is 1010 g/mol. The van der Waals surface area contributed by atoms with Crippen LogP contribution in [0.5, 0.6) is 0 Å². The molecule has 2 saturated carbocycles. The quantitative estimate of drug-likeness (QED) is 0.153. The lowest BCUT2D eigenvalue weighted by molar-refractivity contribution is -0.137. The third-order valence-corrected chi connectivity index (χ3v) is 16.8. The van der Waals surface area contributed by atoms with Gasteiger partial charge in [-0.1, -0.05) is 55.7 Å². The number of H-pyrrole nitrogens is 1. The first-order valence-corrected chi connectivity index (χ1v) is 27.5. The Kier molecular flexibility index (Phi) is 16.5. The molecule has 4 aromatic rings. The molecular formula is C57H73FN10O6. The third-order valence-electron chi connectivity index (χ3n) is 16.8. The summed E-state index contributed by atoms with van der Waals surface area (Å²) in [6.07, 6.45) is 11.5. The predicted octanol–water partition coefficient (Wildman–Crippen LogP) is 4.63. The molecule has 0 spiro atoms. The van der Waals surface area contributed by atoms with Crippen LogP contribution >= 0.6 is 0 Å². The van der Waals surface area contributed by atoms with Gasteiger partial charge < -0.3 is 35.1 Å². The van der Waals surface area contributed by atoms with Gasteiger partial charge in [-0.05, 0) is 105 Å². The van der Waals surface area contributed by atoms with Crippen molar-refractivity contribution in [3.63, 3.8) is 0 Å². The van der Waals surface area contributed by atoms with Gasteiger partial charge in [0, 0.05) is 114 Å². The molecule has 3 aromatic carbocycles. The third kappa shape index (κ3) is 12.5. The standard InChI is InChI=1S/C57H73FN10O6/c58-49-18-15-40(33-50-46-13-4-5-14-47(46)55(72)62-61-50)32-48(49)56(73)67-30-28-65(29-31-67)52(70)38-64-26-24-63(25-27-64)36-39-19-22-66(23-20-39)57(74)53(41-8-2-1-3-9-41)60-54(71)43-11-6-10-42(34-43)44-12-7-21-68(37-44)51(69)35-59-45-16-17-45/h4-6,10-11,13-15,18,32,34,39,41,44-45,53,59H,1-3,7-9,12,16-17,19-31,33,35-38H2,(H,60,71)(H,62,72)/t44?,53-/m1/s1. The number of nitrogens with one attached hydrogen (secondary N) is 3. The summed E-state index contributed by atoms with van der Waals surface area (Å²) in [5.74, 6) is -0.262. The van der Waals surface area contributed by atoms with Crippen LogP contribution in [0.25, 0.3) is 10.8 Å². The second kappa shape index (κ2) is 23.7. The molecule has 6 aliphatic rings. The van der Waals surface area contributed by atoms with Gasteiger partial charge in [0.1, 0.15) is 11.9 Å². The molecule has 10 rings (SSSR count). The highest BCUT2D eigenvalue weighted by Gasteiger charge is 2.37. The van der Waals surface area contributed by atoms with E-state index in [0.717, 1.165) is 115 Å². The first-order chi connectivity index (χ1) is 36.0. The molecule has 4 saturated heterocycles. The Labute approximate surface area is 433 Å². The Morgan fingerprint density at radius 3 is 2.16 bits per heavy atom. The summed E-state index contributed by atoms with van der Waals surface area (Å²) in [6.45, 7) is 9.10. The molecule has 6 fully saturated rings. The van der Waals surface area contributed by atoms with Crippen molar-refractivity contribution >= 4 is 40.3 Å². The number of amides is 5. The number of likely N-dealkylation sites (tertiary alicyclic amines) is 2. The highest BCUT2D eigenvalue weighted by Crippen LogP contribution is 2.31. The van der Waals surface area contributed by atoms with E-state index in [2.05, 4.69) is 36.7 Å². The minimum absolute atomic E-state index is 0.0226.